The Labute approximate surface area is 234 Å². The zero-order valence-electron chi connectivity index (χ0n) is 22.9. The van der Waals surface area contributed by atoms with E-state index in [9.17, 15) is 41.0 Å². The van der Waals surface area contributed by atoms with Crippen molar-refractivity contribution in [1.29, 1.82) is 0 Å². The highest BCUT2D eigenvalue weighted by atomic mass is 19.4. The number of alkyl halides is 6. The Kier molecular flexibility index (Phi) is 8.51. The number of nitrogens with zero attached hydrogens (tertiary/aromatic N) is 1. The Balaban J connectivity index is 1.58. The van der Waals surface area contributed by atoms with Gasteiger partial charge in [0.2, 0.25) is 5.91 Å². The zero-order chi connectivity index (χ0) is 30.2. The van der Waals surface area contributed by atoms with E-state index in [0.717, 1.165) is 18.5 Å². The molecule has 1 aliphatic heterocycles. The van der Waals surface area contributed by atoms with Gasteiger partial charge in [-0.2, -0.15) is 26.3 Å². The molecule has 4 rings (SSSR count). The molecule has 2 aliphatic rings. The number of hydrogen-bond donors (Lipinski definition) is 2. The van der Waals surface area contributed by atoms with Crippen molar-refractivity contribution in [2.75, 3.05) is 13.1 Å². The van der Waals surface area contributed by atoms with Crippen LogP contribution in [0.1, 0.15) is 80.5 Å². The fourth-order valence-corrected chi connectivity index (χ4v) is 6.19. The van der Waals surface area contributed by atoms with E-state index in [4.69, 9.17) is 0 Å². The highest BCUT2D eigenvalue weighted by Crippen LogP contribution is 2.42. The predicted molar refractivity (Wildman–Crippen MR) is 140 cm³/mol. The molecule has 2 aromatic rings. The molecule has 11 heteroatoms. The van der Waals surface area contributed by atoms with E-state index in [1.807, 2.05) is 30.3 Å². The topological polar surface area (TPSA) is 69.6 Å². The standard InChI is InChI=1S/C30H34F6N2O3/c1-19(20-15-22(29(31,32)33)17-23(16-20)30(34,35)36)25(39)37-28(21-7-4-3-5-8-21)12-9-24(10-13-28)38-14-6-11-27(2,18-38)26(40)41/h3-5,7-8,15-17,19,24H,6,9-14,18H2,1-2H3,(H,37,39)(H,40,41). The van der Waals surface area contributed by atoms with Gasteiger partial charge < -0.3 is 10.4 Å². The number of piperidine rings is 1. The number of halogens is 6. The van der Waals surface area contributed by atoms with E-state index in [-0.39, 0.29) is 17.7 Å². The van der Waals surface area contributed by atoms with Crippen LogP contribution in [0, 0.1) is 5.41 Å². The number of aliphatic carboxylic acids is 1. The number of rotatable bonds is 6. The van der Waals surface area contributed by atoms with Crippen molar-refractivity contribution in [1.82, 2.24) is 10.2 Å². The number of likely N-dealkylation sites (tertiary alicyclic amines) is 1. The molecule has 0 bridgehead atoms. The molecule has 1 amide bonds. The maximum absolute atomic E-state index is 13.5. The third-order valence-electron chi connectivity index (χ3n) is 8.76. The second-order valence-electron chi connectivity index (χ2n) is 11.7. The van der Waals surface area contributed by atoms with Gasteiger partial charge in [-0.15, -0.1) is 0 Å². The Morgan fingerprint density at radius 1 is 0.951 bits per heavy atom. The number of nitrogens with one attached hydrogen (secondary N) is 1. The summed E-state index contributed by atoms with van der Waals surface area (Å²) in [4.78, 5) is 27.5. The zero-order valence-corrected chi connectivity index (χ0v) is 22.9. The number of carbonyl (C=O) groups excluding carboxylic acids is 1. The molecule has 2 fully saturated rings. The smallest absolute Gasteiger partial charge is 0.416 e. The SMILES string of the molecule is CC(C(=O)NC1(c2ccccc2)CCC(N2CCCC(C)(C(=O)O)C2)CC1)c1cc(C(F)(F)F)cc(C(F)(F)F)c1. The lowest BCUT2D eigenvalue weighted by molar-refractivity contribution is -0.152. The fourth-order valence-electron chi connectivity index (χ4n) is 6.19. The Morgan fingerprint density at radius 3 is 2.02 bits per heavy atom. The van der Waals surface area contributed by atoms with E-state index in [0.29, 0.717) is 50.8 Å². The van der Waals surface area contributed by atoms with Gasteiger partial charge in [0, 0.05) is 12.6 Å². The van der Waals surface area contributed by atoms with Crippen LogP contribution in [0.5, 0.6) is 0 Å². The molecule has 224 valence electrons. The highest BCUT2D eigenvalue weighted by Gasteiger charge is 2.44. The van der Waals surface area contributed by atoms with E-state index in [1.54, 1.807) is 6.92 Å². The quantitative estimate of drug-likeness (QED) is 0.360. The van der Waals surface area contributed by atoms with E-state index < -0.39 is 52.2 Å². The second kappa shape index (κ2) is 11.3. The van der Waals surface area contributed by atoms with Gasteiger partial charge in [0.1, 0.15) is 0 Å². The number of carboxylic acid groups (broad SMARTS) is 1. The minimum Gasteiger partial charge on any atom is -0.481 e. The highest BCUT2D eigenvalue weighted by molar-refractivity contribution is 5.84. The number of carboxylic acids is 1. The van der Waals surface area contributed by atoms with Gasteiger partial charge in [0.05, 0.1) is 28.0 Å². The van der Waals surface area contributed by atoms with Crippen LogP contribution < -0.4 is 5.32 Å². The molecule has 1 aliphatic carbocycles. The number of benzene rings is 2. The van der Waals surface area contributed by atoms with Crippen molar-refractivity contribution in [3.8, 4) is 0 Å². The van der Waals surface area contributed by atoms with Crippen LogP contribution >= 0.6 is 0 Å². The third-order valence-corrected chi connectivity index (χ3v) is 8.76. The molecule has 2 atom stereocenters. The molecule has 41 heavy (non-hydrogen) atoms. The first-order chi connectivity index (χ1) is 19.0. The van der Waals surface area contributed by atoms with Gasteiger partial charge in [-0.05, 0) is 88.2 Å². The molecule has 1 saturated carbocycles. The molecule has 0 radical (unpaired) electrons. The molecule has 2 aromatic carbocycles. The second-order valence-corrected chi connectivity index (χ2v) is 11.7. The van der Waals surface area contributed by atoms with E-state index in [2.05, 4.69) is 10.2 Å². The summed E-state index contributed by atoms with van der Waals surface area (Å²) in [5.41, 5.74) is -4.21. The van der Waals surface area contributed by atoms with Crippen LogP contribution in [0.3, 0.4) is 0 Å². The van der Waals surface area contributed by atoms with Gasteiger partial charge in [-0.1, -0.05) is 30.3 Å². The molecule has 1 heterocycles. The van der Waals surface area contributed by atoms with E-state index >= 15 is 0 Å². The van der Waals surface area contributed by atoms with Crippen molar-refractivity contribution in [2.24, 2.45) is 5.41 Å². The minimum absolute atomic E-state index is 0.0524. The number of hydrogen-bond acceptors (Lipinski definition) is 3. The summed E-state index contributed by atoms with van der Waals surface area (Å²) in [7, 11) is 0. The summed E-state index contributed by atoms with van der Waals surface area (Å²) in [6, 6.07) is 10.5. The largest absolute Gasteiger partial charge is 0.481 e. The van der Waals surface area contributed by atoms with Crippen molar-refractivity contribution < 1.29 is 41.0 Å². The van der Waals surface area contributed by atoms with Gasteiger partial charge in [-0.25, -0.2) is 0 Å². The predicted octanol–water partition coefficient (Wildman–Crippen LogP) is 6.97. The van der Waals surface area contributed by atoms with Crippen molar-refractivity contribution in [2.45, 2.75) is 82.2 Å². The van der Waals surface area contributed by atoms with Crippen molar-refractivity contribution >= 4 is 11.9 Å². The molecular weight excluding hydrogens is 550 g/mol. The molecule has 2 N–H and O–H groups in total. The summed E-state index contributed by atoms with van der Waals surface area (Å²) in [6.45, 7) is 4.24. The number of carbonyl (C=O) groups is 2. The monoisotopic (exact) mass is 584 g/mol. The third kappa shape index (κ3) is 6.71. The first-order valence-corrected chi connectivity index (χ1v) is 13.7. The average molecular weight is 585 g/mol. The fraction of sp³-hybridized carbons (Fsp3) is 0.533. The summed E-state index contributed by atoms with van der Waals surface area (Å²) in [6.07, 6.45) is -6.43. The van der Waals surface area contributed by atoms with Crippen LogP contribution in [0.2, 0.25) is 0 Å². The minimum atomic E-state index is -5.01. The molecule has 5 nitrogen and oxygen atoms in total. The van der Waals surface area contributed by atoms with Crippen LogP contribution in [0.4, 0.5) is 26.3 Å². The molecule has 2 unspecified atom stereocenters. The summed E-state index contributed by atoms with van der Waals surface area (Å²) >= 11 is 0. The maximum atomic E-state index is 13.5. The molecule has 0 spiro atoms. The summed E-state index contributed by atoms with van der Waals surface area (Å²) in [5, 5.41) is 12.7. The van der Waals surface area contributed by atoms with Crippen LogP contribution in [-0.2, 0) is 27.5 Å². The Hall–Kier alpha value is -3.08. The normalized spacial score (nSPS) is 26.8. The average Bonchev–Trinajstić information content (AvgIpc) is 2.92. The summed E-state index contributed by atoms with van der Waals surface area (Å²) < 4.78 is 80.6. The van der Waals surface area contributed by atoms with Gasteiger partial charge in [0.25, 0.3) is 0 Å². The van der Waals surface area contributed by atoms with Crippen LogP contribution in [0.15, 0.2) is 48.5 Å². The summed E-state index contributed by atoms with van der Waals surface area (Å²) in [5.74, 6) is -2.78. The van der Waals surface area contributed by atoms with E-state index in [1.165, 1.54) is 6.92 Å². The number of amides is 1. The van der Waals surface area contributed by atoms with Gasteiger partial charge in [0.15, 0.2) is 0 Å². The lowest BCUT2D eigenvalue weighted by Gasteiger charge is -2.47. The molecule has 1 saturated heterocycles. The van der Waals surface area contributed by atoms with Gasteiger partial charge in [-0.3, -0.25) is 14.5 Å². The molecular formula is C30H34F6N2O3. The maximum Gasteiger partial charge on any atom is 0.416 e. The first kappa shape index (κ1) is 30.9. The van der Waals surface area contributed by atoms with Crippen molar-refractivity contribution in [3.63, 3.8) is 0 Å². The lowest BCUT2D eigenvalue weighted by Crippen LogP contribution is -2.55. The first-order valence-electron chi connectivity index (χ1n) is 13.7. The van der Waals surface area contributed by atoms with Gasteiger partial charge >= 0.3 is 18.3 Å². The van der Waals surface area contributed by atoms with Crippen LogP contribution in [-0.4, -0.2) is 41.0 Å². The Bertz CT molecular complexity index is 1220. The molecule has 0 aromatic heterocycles. The Morgan fingerprint density at radius 2 is 1.51 bits per heavy atom. The van der Waals surface area contributed by atoms with Crippen molar-refractivity contribution in [3.05, 3.63) is 70.8 Å². The lowest BCUT2D eigenvalue weighted by atomic mass is 9.73. The van der Waals surface area contributed by atoms with Crippen LogP contribution in [0.25, 0.3) is 0 Å².